The van der Waals surface area contributed by atoms with Gasteiger partial charge in [0, 0.05) is 13.1 Å². The lowest BCUT2D eigenvalue weighted by molar-refractivity contribution is 0.334. The third kappa shape index (κ3) is 1.32. The Morgan fingerprint density at radius 2 is 2.25 bits per heavy atom. The van der Waals surface area contributed by atoms with Crippen LogP contribution in [-0.4, -0.2) is 22.6 Å². The highest BCUT2D eigenvalue weighted by Gasteiger charge is 2.20. The fourth-order valence-electron chi connectivity index (χ4n) is 1.84. The molecule has 0 unspecified atom stereocenters. The number of fused-ring (bicyclic) bond motifs is 1. The predicted molar refractivity (Wildman–Crippen MR) is 57.9 cm³/mol. The van der Waals surface area contributed by atoms with Gasteiger partial charge in [0.1, 0.15) is 5.82 Å². The van der Waals surface area contributed by atoms with Crippen LogP contribution < -0.4 is 10.9 Å². The van der Waals surface area contributed by atoms with Crippen LogP contribution in [0.1, 0.15) is 6.04 Å². The third-order valence-corrected chi connectivity index (χ3v) is 2.90. The van der Waals surface area contributed by atoms with Crippen LogP contribution in [0, 0.1) is 5.82 Å². The van der Waals surface area contributed by atoms with Crippen LogP contribution >= 0.6 is 0 Å². The quantitative estimate of drug-likeness (QED) is 0.767. The molecule has 1 aromatic heterocycles. The Bertz CT molecular complexity index is 604. The maximum Gasteiger partial charge on any atom is 0.261 e. The van der Waals surface area contributed by atoms with Gasteiger partial charge in [-0.25, -0.2) is 9.37 Å². The van der Waals surface area contributed by atoms with Crippen LogP contribution in [0.5, 0.6) is 0 Å². The normalized spacial score (nSPS) is 16.3. The van der Waals surface area contributed by atoms with E-state index < -0.39 is 5.82 Å². The summed E-state index contributed by atoms with van der Waals surface area (Å²) in [7, 11) is 0. The van der Waals surface area contributed by atoms with Crippen LogP contribution in [0.15, 0.2) is 29.3 Å². The van der Waals surface area contributed by atoms with Gasteiger partial charge in [0.2, 0.25) is 0 Å². The van der Waals surface area contributed by atoms with Gasteiger partial charge < -0.3 is 5.32 Å². The van der Waals surface area contributed by atoms with E-state index in [0.29, 0.717) is 10.9 Å². The van der Waals surface area contributed by atoms with Gasteiger partial charge in [-0.3, -0.25) is 9.36 Å². The van der Waals surface area contributed by atoms with E-state index in [4.69, 9.17) is 0 Å². The number of rotatable bonds is 1. The molecule has 0 aliphatic carbocycles. The molecule has 0 amide bonds. The van der Waals surface area contributed by atoms with Crippen molar-refractivity contribution in [1.29, 1.82) is 0 Å². The minimum absolute atomic E-state index is 0.146. The highest BCUT2D eigenvalue weighted by atomic mass is 19.1. The number of benzene rings is 1. The first-order chi connectivity index (χ1) is 7.75. The maximum atomic E-state index is 13.1. The lowest BCUT2D eigenvalue weighted by Crippen LogP contribution is -2.46. The van der Waals surface area contributed by atoms with Gasteiger partial charge in [0.15, 0.2) is 0 Å². The van der Waals surface area contributed by atoms with E-state index in [9.17, 15) is 9.18 Å². The molecule has 82 valence electrons. The Morgan fingerprint density at radius 1 is 1.44 bits per heavy atom. The van der Waals surface area contributed by atoms with E-state index in [1.807, 2.05) is 0 Å². The monoisotopic (exact) mass is 219 g/mol. The number of halogens is 1. The topological polar surface area (TPSA) is 46.9 Å². The summed E-state index contributed by atoms with van der Waals surface area (Å²) in [6.07, 6.45) is 1.54. The van der Waals surface area contributed by atoms with Gasteiger partial charge in [-0.15, -0.1) is 0 Å². The molecule has 0 radical (unpaired) electrons. The molecule has 4 nitrogen and oxygen atoms in total. The zero-order valence-electron chi connectivity index (χ0n) is 8.48. The Kier molecular flexibility index (Phi) is 2.00. The number of hydrogen-bond donors (Lipinski definition) is 1. The second-order valence-electron chi connectivity index (χ2n) is 3.93. The first-order valence-electron chi connectivity index (χ1n) is 5.13. The summed E-state index contributed by atoms with van der Waals surface area (Å²) in [5, 5.41) is 3.43. The van der Waals surface area contributed by atoms with Crippen molar-refractivity contribution in [1.82, 2.24) is 14.9 Å². The van der Waals surface area contributed by atoms with Crippen molar-refractivity contribution in [2.75, 3.05) is 13.1 Å². The lowest BCUT2D eigenvalue weighted by atomic mass is 10.1. The molecule has 2 heterocycles. The third-order valence-electron chi connectivity index (χ3n) is 2.90. The summed E-state index contributed by atoms with van der Waals surface area (Å²) in [4.78, 5) is 16.2. The van der Waals surface area contributed by atoms with E-state index in [-0.39, 0.29) is 11.6 Å². The van der Waals surface area contributed by atoms with Crippen molar-refractivity contribution in [3.63, 3.8) is 0 Å². The second-order valence-corrected chi connectivity index (χ2v) is 3.93. The van der Waals surface area contributed by atoms with Gasteiger partial charge in [-0.1, -0.05) is 0 Å². The van der Waals surface area contributed by atoms with Crippen molar-refractivity contribution in [3.05, 3.63) is 40.7 Å². The zero-order chi connectivity index (χ0) is 11.1. The Morgan fingerprint density at radius 3 is 2.94 bits per heavy atom. The second kappa shape index (κ2) is 3.38. The summed E-state index contributed by atoms with van der Waals surface area (Å²) < 4.78 is 14.6. The summed E-state index contributed by atoms with van der Waals surface area (Å²) in [6, 6.07) is 4.22. The van der Waals surface area contributed by atoms with Crippen LogP contribution in [-0.2, 0) is 0 Å². The minimum atomic E-state index is -0.407. The van der Waals surface area contributed by atoms with E-state index in [1.54, 1.807) is 4.57 Å². The van der Waals surface area contributed by atoms with E-state index >= 15 is 0 Å². The number of hydrogen-bond acceptors (Lipinski definition) is 3. The van der Waals surface area contributed by atoms with Crippen LogP contribution in [0.25, 0.3) is 10.9 Å². The lowest BCUT2D eigenvalue weighted by Gasteiger charge is -2.28. The summed E-state index contributed by atoms with van der Waals surface area (Å²) in [5.41, 5.74) is 0.367. The first-order valence-corrected chi connectivity index (χ1v) is 5.13. The minimum Gasteiger partial charge on any atom is -0.313 e. The fraction of sp³-hybridized carbons (Fsp3) is 0.273. The molecule has 1 saturated heterocycles. The molecule has 0 atom stereocenters. The standard InChI is InChI=1S/C11H10FN3O/c12-7-1-2-10-9(3-7)11(16)15(6-14-10)8-4-13-5-8/h1-3,6,8,13H,4-5H2. The molecule has 1 aliphatic heterocycles. The molecule has 1 aliphatic rings. The van der Waals surface area contributed by atoms with E-state index in [1.165, 1.54) is 24.5 Å². The molecule has 0 spiro atoms. The molecule has 1 N–H and O–H groups in total. The number of nitrogens with one attached hydrogen (secondary N) is 1. The molecule has 0 saturated carbocycles. The van der Waals surface area contributed by atoms with Crippen molar-refractivity contribution >= 4 is 10.9 Å². The first kappa shape index (κ1) is 9.47. The SMILES string of the molecule is O=c1c2cc(F)ccc2ncn1C1CNC1. The van der Waals surface area contributed by atoms with Crippen molar-refractivity contribution in [3.8, 4) is 0 Å². The van der Waals surface area contributed by atoms with Gasteiger partial charge in [-0.05, 0) is 18.2 Å². The van der Waals surface area contributed by atoms with Gasteiger partial charge in [0.25, 0.3) is 5.56 Å². The van der Waals surface area contributed by atoms with Gasteiger partial charge in [0.05, 0.1) is 23.3 Å². The van der Waals surface area contributed by atoms with Crippen LogP contribution in [0.4, 0.5) is 4.39 Å². The van der Waals surface area contributed by atoms with Gasteiger partial charge >= 0.3 is 0 Å². The van der Waals surface area contributed by atoms with E-state index in [0.717, 1.165) is 13.1 Å². The van der Waals surface area contributed by atoms with Gasteiger partial charge in [-0.2, -0.15) is 0 Å². The fourth-order valence-corrected chi connectivity index (χ4v) is 1.84. The molecular formula is C11H10FN3O. The Hall–Kier alpha value is -1.75. The molecule has 5 heteroatoms. The molecule has 1 fully saturated rings. The van der Waals surface area contributed by atoms with Crippen LogP contribution in [0.2, 0.25) is 0 Å². The molecule has 16 heavy (non-hydrogen) atoms. The molecular weight excluding hydrogens is 209 g/mol. The Labute approximate surface area is 90.7 Å². The highest BCUT2D eigenvalue weighted by molar-refractivity contribution is 5.77. The van der Waals surface area contributed by atoms with Crippen molar-refractivity contribution < 1.29 is 4.39 Å². The summed E-state index contributed by atoms with van der Waals surface area (Å²) in [6.45, 7) is 1.53. The average molecular weight is 219 g/mol. The summed E-state index contributed by atoms with van der Waals surface area (Å²) >= 11 is 0. The molecule has 3 rings (SSSR count). The van der Waals surface area contributed by atoms with Crippen molar-refractivity contribution in [2.45, 2.75) is 6.04 Å². The van der Waals surface area contributed by atoms with Crippen LogP contribution in [0.3, 0.4) is 0 Å². The predicted octanol–water partition coefficient (Wildman–Crippen LogP) is 0.680. The Balaban J connectivity index is 2.25. The molecule has 0 bridgehead atoms. The average Bonchev–Trinajstić information content (AvgIpc) is 2.20. The maximum absolute atomic E-state index is 13.1. The largest absolute Gasteiger partial charge is 0.313 e. The smallest absolute Gasteiger partial charge is 0.261 e. The van der Waals surface area contributed by atoms with Crippen molar-refractivity contribution in [2.24, 2.45) is 0 Å². The summed E-state index contributed by atoms with van der Waals surface area (Å²) in [5.74, 6) is -0.407. The van der Waals surface area contributed by atoms with E-state index in [2.05, 4.69) is 10.3 Å². The zero-order valence-corrected chi connectivity index (χ0v) is 8.48. The number of nitrogens with zero attached hydrogens (tertiary/aromatic N) is 2. The molecule has 1 aromatic carbocycles. The number of aromatic nitrogens is 2. The molecule has 2 aromatic rings. The highest BCUT2D eigenvalue weighted by Crippen LogP contribution is 2.12.